The zero-order valence-corrected chi connectivity index (χ0v) is 15.3. The molecule has 0 aliphatic carbocycles. The molecule has 1 aliphatic rings. The molecule has 4 heteroatoms. The van der Waals surface area contributed by atoms with Crippen molar-refractivity contribution in [3.8, 4) is 0 Å². The summed E-state index contributed by atoms with van der Waals surface area (Å²) in [4.78, 5) is 7.13. The molecule has 0 atom stereocenters. The summed E-state index contributed by atoms with van der Waals surface area (Å²) in [5.74, 6) is 1.69. The van der Waals surface area contributed by atoms with Gasteiger partial charge in [0.05, 0.1) is 0 Å². The fraction of sp³-hybridized carbons (Fsp3) is 0.929. The van der Waals surface area contributed by atoms with Gasteiger partial charge in [0.15, 0.2) is 5.96 Å². The fourth-order valence-corrected chi connectivity index (χ4v) is 2.06. The van der Waals surface area contributed by atoms with Crippen LogP contribution in [-0.2, 0) is 0 Å². The fourth-order valence-electron chi connectivity index (χ4n) is 2.06. The summed E-state index contributed by atoms with van der Waals surface area (Å²) in [5, 5.41) is 3.41. The molecule has 0 unspecified atom stereocenters. The Morgan fingerprint density at radius 2 is 1.83 bits per heavy atom. The van der Waals surface area contributed by atoms with Crippen molar-refractivity contribution in [1.29, 1.82) is 0 Å². The molecule has 1 aliphatic heterocycles. The van der Waals surface area contributed by atoms with E-state index in [1.807, 2.05) is 0 Å². The highest BCUT2D eigenvalue weighted by molar-refractivity contribution is 14.0. The predicted molar refractivity (Wildman–Crippen MR) is 90.8 cm³/mol. The molecule has 0 saturated carbocycles. The lowest BCUT2D eigenvalue weighted by molar-refractivity contribution is -0.0667. The van der Waals surface area contributed by atoms with Gasteiger partial charge in [-0.15, -0.1) is 24.0 Å². The SMILES string of the molecule is CCNC(=NCC(C)C)N1CC(C)(C)C1(C)C.I. The third kappa shape index (κ3) is 3.52. The van der Waals surface area contributed by atoms with E-state index in [9.17, 15) is 0 Å². The second-order valence-corrected chi connectivity index (χ2v) is 6.62. The van der Waals surface area contributed by atoms with E-state index in [1.54, 1.807) is 0 Å². The highest BCUT2D eigenvalue weighted by Gasteiger charge is 2.53. The maximum absolute atomic E-state index is 4.73. The molecular weight excluding hydrogens is 337 g/mol. The summed E-state index contributed by atoms with van der Waals surface area (Å²) in [7, 11) is 0. The van der Waals surface area contributed by atoms with Crippen LogP contribution in [0.1, 0.15) is 48.5 Å². The Labute approximate surface area is 130 Å². The summed E-state index contributed by atoms with van der Waals surface area (Å²) >= 11 is 0. The van der Waals surface area contributed by atoms with Crippen LogP contribution in [0.3, 0.4) is 0 Å². The van der Waals surface area contributed by atoms with E-state index in [4.69, 9.17) is 4.99 Å². The van der Waals surface area contributed by atoms with Gasteiger partial charge in [0.25, 0.3) is 0 Å². The Kier molecular flexibility index (Phi) is 6.44. The van der Waals surface area contributed by atoms with Gasteiger partial charge in [-0.2, -0.15) is 0 Å². The zero-order valence-electron chi connectivity index (χ0n) is 13.0. The van der Waals surface area contributed by atoms with Gasteiger partial charge in [0, 0.05) is 30.6 Å². The molecule has 1 fully saturated rings. The van der Waals surface area contributed by atoms with Crippen molar-refractivity contribution in [3.05, 3.63) is 0 Å². The lowest BCUT2D eigenvalue weighted by Crippen LogP contribution is -2.72. The highest BCUT2D eigenvalue weighted by Crippen LogP contribution is 2.46. The normalized spacial score (nSPS) is 21.3. The summed E-state index contributed by atoms with van der Waals surface area (Å²) in [5.41, 5.74) is 0.548. The Hall–Kier alpha value is 0. The third-order valence-electron chi connectivity index (χ3n) is 4.08. The van der Waals surface area contributed by atoms with Gasteiger partial charge < -0.3 is 10.2 Å². The van der Waals surface area contributed by atoms with Crippen molar-refractivity contribution >= 4 is 29.9 Å². The molecule has 0 bridgehead atoms. The van der Waals surface area contributed by atoms with Gasteiger partial charge in [-0.3, -0.25) is 4.99 Å². The summed E-state index contributed by atoms with van der Waals surface area (Å²) in [6, 6.07) is 0. The minimum absolute atomic E-state index is 0. The van der Waals surface area contributed by atoms with Gasteiger partial charge >= 0.3 is 0 Å². The average molecular weight is 367 g/mol. The van der Waals surface area contributed by atoms with Crippen molar-refractivity contribution < 1.29 is 0 Å². The Balaban J connectivity index is 0.00000289. The van der Waals surface area contributed by atoms with E-state index in [-0.39, 0.29) is 29.5 Å². The molecule has 1 N–H and O–H groups in total. The van der Waals surface area contributed by atoms with E-state index in [2.05, 4.69) is 58.7 Å². The van der Waals surface area contributed by atoms with Gasteiger partial charge in [0.1, 0.15) is 0 Å². The monoisotopic (exact) mass is 367 g/mol. The minimum atomic E-state index is 0. The standard InChI is InChI=1S/C14H29N3.HI/c1-8-15-12(16-9-11(2)3)17-10-13(4,5)14(17,6)7;/h11H,8-10H2,1-7H3,(H,15,16);1H. The number of hydrogen-bond acceptors (Lipinski definition) is 1. The zero-order chi connectivity index (χ0) is 13.3. The number of guanidine groups is 1. The molecule has 1 saturated heterocycles. The van der Waals surface area contributed by atoms with Crippen molar-refractivity contribution in [2.24, 2.45) is 16.3 Å². The largest absolute Gasteiger partial charge is 0.356 e. The molecule has 1 rings (SSSR count). The first kappa shape index (κ1) is 18.0. The van der Waals surface area contributed by atoms with Gasteiger partial charge in [0.2, 0.25) is 0 Å². The van der Waals surface area contributed by atoms with Gasteiger partial charge in [-0.05, 0) is 26.7 Å². The van der Waals surface area contributed by atoms with Crippen LogP contribution in [-0.4, -0.2) is 36.0 Å². The predicted octanol–water partition coefficient (Wildman–Crippen LogP) is 3.35. The summed E-state index contributed by atoms with van der Waals surface area (Å²) in [6.07, 6.45) is 0. The lowest BCUT2D eigenvalue weighted by Gasteiger charge is -2.62. The molecule has 0 amide bonds. The van der Waals surface area contributed by atoms with Crippen LogP contribution in [0.5, 0.6) is 0 Å². The number of rotatable bonds is 3. The number of nitrogens with zero attached hydrogens (tertiary/aromatic N) is 2. The molecule has 0 aromatic rings. The smallest absolute Gasteiger partial charge is 0.194 e. The van der Waals surface area contributed by atoms with Crippen LogP contribution in [0.2, 0.25) is 0 Å². The van der Waals surface area contributed by atoms with Crippen LogP contribution >= 0.6 is 24.0 Å². The molecule has 1 heterocycles. The summed E-state index contributed by atoms with van der Waals surface area (Å²) in [6.45, 7) is 18.7. The second-order valence-electron chi connectivity index (χ2n) is 6.62. The third-order valence-corrected chi connectivity index (χ3v) is 4.08. The van der Waals surface area contributed by atoms with E-state index in [0.717, 1.165) is 25.6 Å². The van der Waals surface area contributed by atoms with Gasteiger partial charge in [-0.25, -0.2) is 0 Å². The number of halogens is 1. The van der Waals surface area contributed by atoms with Crippen LogP contribution in [0.4, 0.5) is 0 Å². The first-order valence-electron chi connectivity index (χ1n) is 6.78. The minimum Gasteiger partial charge on any atom is -0.356 e. The molecule has 0 aromatic carbocycles. The van der Waals surface area contributed by atoms with E-state index in [0.29, 0.717) is 11.3 Å². The molecule has 0 radical (unpaired) electrons. The number of nitrogens with one attached hydrogen (secondary N) is 1. The molecule has 108 valence electrons. The Morgan fingerprint density at radius 3 is 2.17 bits per heavy atom. The maximum atomic E-state index is 4.73. The van der Waals surface area contributed by atoms with Crippen LogP contribution in [0, 0.1) is 11.3 Å². The maximum Gasteiger partial charge on any atom is 0.194 e. The Bertz CT molecular complexity index is 295. The van der Waals surface area contributed by atoms with Crippen LogP contribution in [0.15, 0.2) is 4.99 Å². The number of aliphatic imine (C=N–C) groups is 1. The van der Waals surface area contributed by atoms with E-state index < -0.39 is 0 Å². The van der Waals surface area contributed by atoms with Crippen molar-refractivity contribution in [1.82, 2.24) is 10.2 Å². The topological polar surface area (TPSA) is 27.6 Å². The van der Waals surface area contributed by atoms with Gasteiger partial charge in [-0.1, -0.05) is 27.7 Å². The number of likely N-dealkylation sites (tertiary alicyclic amines) is 1. The van der Waals surface area contributed by atoms with E-state index in [1.165, 1.54) is 0 Å². The lowest BCUT2D eigenvalue weighted by atomic mass is 9.65. The molecule has 18 heavy (non-hydrogen) atoms. The van der Waals surface area contributed by atoms with Crippen LogP contribution < -0.4 is 5.32 Å². The van der Waals surface area contributed by atoms with Crippen molar-refractivity contribution in [2.45, 2.75) is 54.0 Å². The molecule has 0 spiro atoms. The first-order valence-corrected chi connectivity index (χ1v) is 6.78. The first-order chi connectivity index (χ1) is 7.72. The second kappa shape index (κ2) is 6.44. The van der Waals surface area contributed by atoms with Crippen molar-refractivity contribution in [3.63, 3.8) is 0 Å². The molecule has 3 nitrogen and oxygen atoms in total. The summed E-state index contributed by atoms with van der Waals surface area (Å²) < 4.78 is 0. The average Bonchev–Trinajstić information content (AvgIpc) is 2.21. The van der Waals surface area contributed by atoms with Crippen molar-refractivity contribution in [2.75, 3.05) is 19.6 Å². The molecule has 0 aromatic heterocycles. The van der Waals surface area contributed by atoms with Crippen LogP contribution in [0.25, 0.3) is 0 Å². The number of hydrogen-bond donors (Lipinski definition) is 1. The van der Waals surface area contributed by atoms with E-state index >= 15 is 0 Å². The highest BCUT2D eigenvalue weighted by atomic mass is 127. The quantitative estimate of drug-likeness (QED) is 0.471. The Morgan fingerprint density at radius 1 is 1.28 bits per heavy atom. The molecular formula is C14H30IN3.